The van der Waals surface area contributed by atoms with Gasteiger partial charge in [0.1, 0.15) is 16.5 Å². The molecule has 4 rings (SSSR count). The Kier molecular flexibility index (Phi) is 14.2. The summed E-state index contributed by atoms with van der Waals surface area (Å²) in [6.07, 6.45) is 11.3. The normalized spacial score (nSPS) is 26.6. The third kappa shape index (κ3) is 9.86. The SMILES string of the molecule is CC1=CCC(O)C=CC(C)C(O)C(C)C=C(C)C(=O)c2c(O)c(C)cc3c2C(=O)C(Cl)=C(NC(=O)C(C)=CC=CC=CC(C)C(O)CC1=O)C3=O. The minimum absolute atomic E-state index is 0.0812. The Bertz CT molecular complexity index is 1820. The van der Waals surface area contributed by atoms with Gasteiger partial charge in [-0.05, 0) is 56.9 Å². The van der Waals surface area contributed by atoms with Crippen LogP contribution in [-0.2, 0) is 9.59 Å². The van der Waals surface area contributed by atoms with Crippen LogP contribution in [-0.4, -0.2) is 67.8 Å². The van der Waals surface area contributed by atoms with E-state index in [1.807, 2.05) is 0 Å². The summed E-state index contributed by atoms with van der Waals surface area (Å²) in [5, 5.41) is 44.9. The van der Waals surface area contributed by atoms with Gasteiger partial charge < -0.3 is 25.7 Å². The third-order valence-electron chi connectivity index (χ3n) is 9.11. The lowest BCUT2D eigenvalue weighted by Gasteiger charge is -2.23. The number of nitrogens with one attached hydrogen (secondary N) is 1. The first-order valence-electron chi connectivity index (χ1n) is 16.7. The number of phenolic OH excluding ortho intramolecular Hbond substituents is 1. The number of amides is 1. The van der Waals surface area contributed by atoms with E-state index in [4.69, 9.17) is 11.6 Å². The first-order chi connectivity index (χ1) is 23.9. The van der Waals surface area contributed by atoms with Crippen molar-refractivity contribution in [3.05, 3.63) is 110 Å². The van der Waals surface area contributed by atoms with Crippen LogP contribution in [0.15, 0.2) is 88.2 Å². The maximum absolute atomic E-state index is 13.8. The number of hydrogen-bond acceptors (Lipinski definition) is 9. The van der Waals surface area contributed by atoms with Gasteiger partial charge in [0.2, 0.25) is 11.6 Å². The standard InChI is InChI=1S/C40H46ClNO9/c1-20-11-9-8-10-12-23(4)40(51)42-34-33(41)39(50)31-28(38(34)49)18-26(7)37(48)32(31)36(47)25(6)17-24(5)35(46)22(3)14-16-27(43)15-13-21(2)30(45)19-29(20)44/h8-14,16-18,20,22,24,27,29,35,43-44,46,48H,15,19H2,1-7H3,(H,42,51). The highest BCUT2D eigenvalue weighted by molar-refractivity contribution is 6.51. The van der Waals surface area contributed by atoms with Crippen molar-refractivity contribution in [2.24, 2.45) is 17.8 Å². The molecule has 0 fully saturated rings. The fraction of sp³-hybridized carbons (Fsp3) is 0.375. The molecule has 4 bridgehead atoms. The zero-order chi connectivity index (χ0) is 38.3. The zero-order valence-electron chi connectivity index (χ0n) is 29.9. The number of aliphatic hydroxyl groups excluding tert-OH is 3. The predicted octanol–water partition coefficient (Wildman–Crippen LogP) is 5.69. The van der Waals surface area contributed by atoms with Crippen LogP contribution < -0.4 is 5.32 Å². The number of aromatic hydroxyl groups is 1. The molecule has 6 atom stereocenters. The third-order valence-corrected chi connectivity index (χ3v) is 9.47. The Morgan fingerprint density at radius 3 is 2.08 bits per heavy atom. The van der Waals surface area contributed by atoms with Crippen molar-refractivity contribution in [3.8, 4) is 5.75 Å². The molecule has 272 valence electrons. The second kappa shape index (κ2) is 17.6. The fourth-order valence-corrected chi connectivity index (χ4v) is 5.85. The molecule has 0 spiro atoms. The summed E-state index contributed by atoms with van der Waals surface area (Å²) in [5.74, 6) is -5.47. The van der Waals surface area contributed by atoms with Gasteiger partial charge in [-0.3, -0.25) is 24.0 Å². The molecule has 51 heavy (non-hydrogen) atoms. The van der Waals surface area contributed by atoms with Crippen LogP contribution in [0.3, 0.4) is 0 Å². The topological polar surface area (TPSA) is 178 Å². The van der Waals surface area contributed by atoms with E-state index in [9.17, 15) is 44.4 Å². The number of Topliss-reactive ketones (excluding diaryl/α,β-unsaturated/α-hetero) is 4. The summed E-state index contributed by atoms with van der Waals surface area (Å²) < 4.78 is 0. The van der Waals surface area contributed by atoms with Crippen LogP contribution in [0.2, 0.25) is 0 Å². The molecule has 5 N–H and O–H groups in total. The number of ketones is 4. The number of aryl methyl sites for hydroxylation is 1. The van der Waals surface area contributed by atoms with Gasteiger partial charge in [-0.25, -0.2) is 0 Å². The quantitative estimate of drug-likeness (QED) is 0.211. The number of aliphatic hydroxyl groups is 3. The largest absolute Gasteiger partial charge is 0.507 e. The number of carbonyl (C=O) groups is 5. The van der Waals surface area contributed by atoms with Gasteiger partial charge in [0.25, 0.3) is 5.91 Å². The number of halogens is 1. The number of phenols is 1. The lowest BCUT2D eigenvalue weighted by Crippen LogP contribution is -2.34. The highest BCUT2D eigenvalue weighted by atomic mass is 35.5. The smallest absolute Gasteiger partial charge is 0.251 e. The van der Waals surface area contributed by atoms with E-state index in [0.717, 1.165) is 0 Å². The Balaban J connectivity index is 2.08. The molecule has 2 aliphatic heterocycles. The number of hydrogen-bond donors (Lipinski definition) is 5. The lowest BCUT2D eigenvalue weighted by molar-refractivity contribution is -0.118. The second-order valence-electron chi connectivity index (χ2n) is 13.3. The minimum atomic E-state index is -1.01. The number of fused-ring (bicyclic) bond motifs is 18. The van der Waals surface area contributed by atoms with Crippen LogP contribution in [0.4, 0.5) is 0 Å². The first kappa shape index (κ1) is 40.9. The number of carbonyl (C=O) groups excluding carboxylic acids is 5. The average Bonchev–Trinajstić information content (AvgIpc) is 3.09. The fourth-order valence-electron chi connectivity index (χ4n) is 5.62. The average molecular weight is 720 g/mol. The summed E-state index contributed by atoms with van der Waals surface area (Å²) in [5.41, 5.74) is -0.708. The summed E-state index contributed by atoms with van der Waals surface area (Å²) >= 11 is 6.36. The van der Waals surface area contributed by atoms with E-state index in [-0.39, 0.29) is 46.8 Å². The highest BCUT2D eigenvalue weighted by Gasteiger charge is 2.38. The number of benzene rings is 1. The van der Waals surface area contributed by atoms with Crippen LogP contribution in [0.1, 0.15) is 91.0 Å². The second-order valence-corrected chi connectivity index (χ2v) is 13.7. The lowest BCUT2D eigenvalue weighted by atomic mass is 9.83. The maximum atomic E-state index is 13.8. The van der Waals surface area contributed by atoms with Gasteiger partial charge in [0.05, 0.1) is 23.9 Å². The zero-order valence-corrected chi connectivity index (χ0v) is 30.6. The van der Waals surface area contributed by atoms with Gasteiger partial charge in [0.15, 0.2) is 11.6 Å². The summed E-state index contributed by atoms with van der Waals surface area (Å²) in [6.45, 7) is 11.2. The Hall–Kier alpha value is -4.48. The molecule has 2 heterocycles. The van der Waals surface area contributed by atoms with E-state index in [1.165, 1.54) is 45.1 Å². The van der Waals surface area contributed by atoms with E-state index < -0.39 is 81.0 Å². The van der Waals surface area contributed by atoms with Crippen molar-refractivity contribution < 1.29 is 44.4 Å². The van der Waals surface area contributed by atoms with E-state index in [1.54, 1.807) is 64.2 Å². The van der Waals surface area contributed by atoms with Crippen LogP contribution >= 0.6 is 11.6 Å². The minimum Gasteiger partial charge on any atom is -0.507 e. The van der Waals surface area contributed by atoms with Crippen molar-refractivity contribution in [1.29, 1.82) is 0 Å². The molecule has 1 aromatic carbocycles. The van der Waals surface area contributed by atoms with Gasteiger partial charge >= 0.3 is 0 Å². The molecule has 0 radical (unpaired) electrons. The first-order valence-corrected chi connectivity index (χ1v) is 17.1. The summed E-state index contributed by atoms with van der Waals surface area (Å²) in [7, 11) is 0. The molecule has 11 heteroatoms. The molecule has 10 nitrogen and oxygen atoms in total. The predicted molar refractivity (Wildman–Crippen MR) is 195 cm³/mol. The van der Waals surface area contributed by atoms with Crippen molar-refractivity contribution in [1.82, 2.24) is 5.32 Å². The maximum Gasteiger partial charge on any atom is 0.251 e. The summed E-state index contributed by atoms with van der Waals surface area (Å²) in [4.78, 5) is 66.8. The highest BCUT2D eigenvalue weighted by Crippen LogP contribution is 2.37. The van der Waals surface area contributed by atoms with Gasteiger partial charge in [-0.15, -0.1) is 0 Å². The van der Waals surface area contributed by atoms with E-state index in [2.05, 4.69) is 5.32 Å². The van der Waals surface area contributed by atoms with Crippen molar-refractivity contribution in [3.63, 3.8) is 0 Å². The van der Waals surface area contributed by atoms with Gasteiger partial charge in [-0.1, -0.05) is 87.1 Å². The molecule has 0 aromatic heterocycles. The molecule has 6 unspecified atom stereocenters. The molecule has 0 saturated heterocycles. The van der Waals surface area contributed by atoms with Crippen LogP contribution in [0.25, 0.3) is 0 Å². The van der Waals surface area contributed by atoms with Crippen molar-refractivity contribution in [2.75, 3.05) is 0 Å². The molecular weight excluding hydrogens is 674 g/mol. The number of rotatable bonds is 0. The van der Waals surface area contributed by atoms with E-state index >= 15 is 0 Å². The molecule has 1 aromatic rings. The van der Waals surface area contributed by atoms with Crippen LogP contribution in [0, 0.1) is 24.7 Å². The molecule has 0 saturated carbocycles. The van der Waals surface area contributed by atoms with E-state index in [0.29, 0.717) is 5.57 Å². The molecule has 1 aliphatic carbocycles. The summed E-state index contributed by atoms with van der Waals surface area (Å²) in [6, 6.07) is 1.26. The van der Waals surface area contributed by atoms with Gasteiger partial charge in [0, 0.05) is 40.9 Å². The van der Waals surface area contributed by atoms with Crippen LogP contribution in [0.5, 0.6) is 5.75 Å². The Morgan fingerprint density at radius 1 is 0.745 bits per heavy atom. The van der Waals surface area contributed by atoms with Gasteiger partial charge in [-0.2, -0.15) is 0 Å². The number of allylic oxidation sites excluding steroid dienone is 8. The Morgan fingerprint density at radius 2 is 1.41 bits per heavy atom. The molecule has 1 amide bonds. The van der Waals surface area contributed by atoms with Crippen molar-refractivity contribution in [2.45, 2.75) is 79.6 Å². The molecular formula is C40H46ClNO9. The van der Waals surface area contributed by atoms with Crippen molar-refractivity contribution >= 4 is 40.6 Å². The Labute approximate surface area is 303 Å². The molecule has 3 aliphatic rings. The monoisotopic (exact) mass is 719 g/mol.